The first-order chi connectivity index (χ1) is 13.8. The molecule has 1 aliphatic rings. The smallest absolute Gasteiger partial charge is 0.244 e. The maximum atomic E-state index is 14.7. The first kappa shape index (κ1) is 19.2. The number of nitrogens with zero attached hydrogens (tertiary/aromatic N) is 2. The van der Waals surface area contributed by atoms with Crippen LogP contribution in [-0.4, -0.2) is 29.5 Å². The average Bonchev–Trinajstić information content (AvgIpc) is 3.12. The van der Waals surface area contributed by atoms with Gasteiger partial charge in [-0.2, -0.15) is 9.82 Å². The van der Waals surface area contributed by atoms with Crippen LogP contribution in [0.2, 0.25) is 0 Å². The van der Waals surface area contributed by atoms with Crippen LogP contribution in [0.1, 0.15) is 35.2 Å². The maximum Gasteiger partial charge on any atom is 0.244 e. The van der Waals surface area contributed by atoms with Crippen molar-refractivity contribution in [3.63, 3.8) is 0 Å². The number of benzene rings is 2. The van der Waals surface area contributed by atoms with E-state index in [9.17, 15) is 17.6 Å². The first-order valence-electron chi connectivity index (χ1n) is 8.92. The minimum Gasteiger partial charge on any atom is -0.326 e. The van der Waals surface area contributed by atoms with Gasteiger partial charge in [-0.05, 0) is 36.6 Å². The summed E-state index contributed by atoms with van der Waals surface area (Å²) in [6.07, 6.45) is 0.556. The van der Waals surface area contributed by atoms with Crippen molar-refractivity contribution < 1.29 is 17.6 Å². The largest absolute Gasteiger partial charge is 0.326 e. The highest BCUT2D eigenvalue weighted by Gasteiger charge is 2.29. The number of hydrogen-bond acceptors (Lipinski definition) is 5. The Morgan fingerprint density at radius 1 is 1.17 bits per heavy atom. The van der Waals surface area contributed by atoms with E-state index in [1.807, 2.05) is 0 Å². The summed E-state index contributed by atoms with van der Waals surface area (Å²) in [4.78, 5) is 15.2. The lowest BCUT2D eigenvalue weighted by molar-refractivity contribution is -0.116. The molecule has 3 N–H and O–H groups in total. The van der Waals surface area contributed by atoms with Gasteiger partial charge in [0.1, 0.15) is 22.6 Å². The molecule has 2 heterocycles. The second kappa shape index (κ2) is 7.37. The van der Waals surface area contributed by atoms with Gasteiger partial charge in [-0.3, -0.25) is 9.89 Å². The number of aromatic amines is 1. The van der Waals surface area contributed by atoms with E-state index in [4.69, 9.17) is 0 Å². The molecule has 1 atom stereocenters. The van der Waals surface area contributed by atoms with Crippen molar-refractivity contribution in [3.8, 4) is 0 Å². The molecule has 0 spiro atoms. The molecular formula is C19H18FN5O3S. The van der Waals surface area contributed by atoms with E-state index >= 15 is 0 Å². The van der Waals surface area contributed by atoms with Gasteiger partial charge in [-0.1, -0.05) is 30.3 Å². The number of H-pyrrole nitrogens is 1. The summed E-state index contributed by atoms with van der Waals surface area (Å²) in [5.41, 5.74) is 1.47. The van der Waals surface area contributed by atoms with Crippen LogP contribution in [0.5, 0.6) is 0 Å². The third-order valence-electron chi connectivity index (χ3n) is 4.62. The second-order valence-electron chi connectivity index (χ2n) is 6.73. The fraction of sp³-hybridized carbons (Fsp3) is 0.211. The Morgan fingerprint density at radius 2 is 1.93 bits per heavy atom. The summed E-state index contributed by atoms with van der Waals surface area (Å²) in [6.45, 7) is 1.70. The standard InChI is InChI=1S/C19H18FN5O3S/c1-11-21-19(24-23-11)18(12-5-3-2-4-6-12)25-29(27,28)16-9-13-7-8-17(26)22-15(13)10-14(16)20/h2-6,9-10,18,25H,7-8H2,1H3,(H,22,26)(H,21,23,24). The second-order valence-corrected chi connectivity index (χ2v) is 8.41. The molecule has 0 saturated heterocycles. The van der Waals surface area contributed by atoms with Crippen LogP contribution >= 0.6 is 0 Å². The molecule has 3 aromatic rings. The van der Waals surface area contributed by atoms with Crippen molar-refractivity contribution in [2.45, 2.75) is 30.7 Å². The molecule has 0 aliphatic carbocycles. The van der Waals surface area contributed by atoms with Crippen LogP contribution in [-0.2, 0) is 21.2 Å². The maximum absolute atomic E-state index is 14.7. The normalized spacial score (nSPS) is 14.9. The molecule has 10 heteroatoms. The van der Waals surface area contributed by atoms with Gasteiger partial charge in [0.25, 0.3) is 0 Å². The highest BCUT2D eigenvalue weighted by atomic mass is 32.2. The van der Waals surface area contributed by atoms with Gasteiger partial charge in [0, 0.05) is 12.1 Å². The van der Waals surface area contributed by atoms with Crippen molar-refractivity contribution in [2.75, 3.05) is 5.32 Å². The Bertz CT molecular complexity index is 1180. The third-order valence-corrected chi connectivity index (χ3v) is 6.06. The van der Waals surface area contributed by atoms with Gasteiger partial charge in [0.15, 0.2) is 5.82 Å². The number of anilines is 1. The minimum atomic E-state index is -4.26. The van der Waals surface area contributed by atoms with Crippen LogP contribution in [0.4, 0.5) is 10.1 Å². The average molecular weight is 415 g/mol. The summed E-state index contributed by atoms with van der Waals surface area (Å²) in [7, 11) is -4.26. The summed E-state index contributed by atoms with van der Waals surface area (Å²) in [5, 5.41) is 9.31. The zero-order valence-electron chi connectivity index (χ0n) is 15.4. The van der Waals surface area contributed by atoms with Crippen LogP contribution in [0.3, 0.4) is 0 Å². The number of carbonyl (C=O) groups is 1. The molecule has 150 valence electrons. The molecule has 0 bridgehead atoms. The number of carbonyl (C=O) groups excluding carboxylic acids is 1. The Labute approximate surface area is 166 Å². The summed E-state index contributed by atoms with van der Waals surface area (Å²) in [6, 6.07) is 10.2. The lowest BCUT2D eigenvalue weighted by atomic mass is 10.0. The van der Waals surface area contributed by atoms with Gasteiger partial charge >= 0.3 is 0 Å². The lowest BCUT2D eigenvalue weighted by Crippen LogP contribution is -2.31. The highest BCUT2D eigenvalue weighted by molar-refractivity contribution is 7.89. The van der Waals surface area contributed by atoms with E-state index in [0.29, 0.717) is 29.1 Å². The Morgan fingerprint density at radius 3 is 2.62 bits per heavy atom. The van der Waals surface area contributed by atoms with E-state index in [0.717, 1.165) is 6.07 Å². The number of fused-ring (bicyclic) bond motifs is 1. The van der Waals surface area contributed by atoms with Gasteiger partial charge in [0.05, 0.1) is 0 Å². The number of aryl methyl sites for hydroxylation is 2. The van der Waals surface area contributed by atoms with E-state index in [-0.39, 0.29) is 18.2 Å². The molecule has 0 fully saturated rings. The quantitative estimate of drug-likeness (QED) is 0.591. The molecule has 1 unspecified atom stereocenters. The van der Waals surface area contributed by atoms with Gasteiger partial charge in [-0.25, -0.2) is 17.8 Å². The fourth-order valence-corrected chi connectivity index (χ4v) is 4.50. The number of halogens is 1. The van der Waals surface area contributed by atoms with Crippen LogP contribution < -0.4 is 10.0 Å². The van der Waals surface area contributed by atoms with Crippen LogP contribution in [0.25, 0.3) is 0 Å². The van der Waals surface area contributed by atoms with Crippen molar-refractivity contribution in [1.82, 2.24) is 19.9 Å². The highest BCUT2D eigenvalue weighted by Crippen LogP contribution is 2.29. The Kier molecular flexibility index (Phi) is 4.89. The number of aromatic nitrogens is 3. The molecule has 1 amide bonds. The predicted octanol–water partition coefficient (Wildman–Crippen LogP) is 2.20. The zero-order chi connectivity index (χ0) is 20.6. The van der Waals surface area contributed by atoms with Gasteiger partial charge < -0.3 is 5.32 Å². The van der Waals surface area contributed by atoms with E-state index in [1.165, 1.54) is 6.07 Å². The molecule has 0 saturated carbocycles. The van der Waals surface area contributed by atoms with Gasteiger partial charge in [0.2, 0.25) is 15.9 Å². The predicted molar refractivity (Wildman–Crippen MR) is 103 cm³/mol. The van der Waals surface area contributed by atoms with Crippen molar-refractivity contribution in [3.05, 3.63) is 71.1 Å². The first-order valence-corrected chi connectivity index (χ1v) is 10.4. The molecule has 29 heavy (non-hydrogen) atoms. The molecule has 0 radical (unpaired) electrons. The van der Waals surface area contributed by atoms with Crippen molar-refractivity contribution in [2.24, 2.45) is 0 Å². The molecular weight excluding hydrogens is 397 g/mol. The minimum absolute atomic E-state index is 0.217. The van der Waals surface area contributed by atoms with Crippen molar-refractivity contribution >= 4 is 21.6 Å². The number of amides is 1. The number of rotatable bonds is 5. The van der Waals surface area contributed by atoms with Gasteiger partial charge in [-0.15, -0.1) is 0 Å². The Balaban J connectivity index is 1.73. The summed E-state index contributed by atoms with van der Waals surface area (Å²) in [5.74, 6) is -0.426. The number of hydrogen-bond donors (Lipinski definition) is 3. The van der Waals surface area contributed by atoms with Crippen LogP contribution in [0, 0.1) is 12.7 Å². The van der Waals surface area contributed by atoms with E-state index in [2.05, 4.69) is 25.2 Å². The fourth-order valence-electron chi connectivity index (χ4n) is 3.21. The third kappa shape index (κ3) is 3.89. The molecule has 2 aromatic carbocycles. The topological polar surface area (TPSA) is 117 Å². The number of nitrogens with one attached hydrogen (secondary N) is 3. The lowest BCUT2D eigenvalue weighted by Gasteiger charge is -2.20. The van der Waals surface area contributed by atoms with Crippen molar-refractivity contribution in [1.29, 1.82) is 0 Å². The monoisotopic (exact) mass is 415 g/mol. The Hall–Kier alpha value is -3.11. The van der Waals surface area contributed by atoms with E-state index in [1.54, 1.807) is 37.3 Å². The molecule has 1 aliphatic heterocycles. The number of sulfonamides is 1. The summed E-state index contributed by atoms with van der Waals surface area (Å²) >= 11 is 0. The summed E-state index contributed by atoms with van der Waals surface area (Å²) < 4.78 is 43.3. The molecule has 1 aromatic heterocycles. The zero-order valence-corrected chi connectivity index (χ0v) is 16.3. The SMILES string of the molecule is Cc1nc(C(NS(=O)(=O)c2cc3c(cc2F)NC(=O)CC3)c2ccccc2)n[nH]1. The van der Waals surface area contributed by atoms with Crippen LogP contribution in [0.15, 0.2) is 47.4 Å². The molecule has 8 nitrogen and oxygen atoms in total. The molecule has 4 rings (SSSR count). The van der Waals surface area contributed by atoms with E-state index < -0.39 is 26.8 Å².